The van der Waals surface area contributed by atoms with Crippen molar-refractivity contribution < 1.29 is 9.47 Å². The number of aromatic nitrogens is 3. The standard InChI is InChI=1S/C28H31N3O2Se/c1-3-5-19-32-23-17-15-22(16-18-23)24-21-31(30-29-24)25-11-7-9-13-27(25)34-28-14-10-8-12-26(28)33-20-6-4-2/h7-18,21H,3-6,19-20H2,1-2H3. The molecule has 5 nitrogen and oxygen atoms in total. The van der Waals surface area contributed by atoms with Gasteiger partial charge >= 0.3 is 195 Å². The molecule has 0 spiro atoms. The summed E-state index contributed by atoms with van der Waals surface area (Å²) in [5, 5.41) is 8.88. The van der Waals surface area contributed by atoms with Crippen LogP contribution >= 0.6 is 0 Å². The molecule has 0 aliphatic heterocycles. The third kappa shape index (κ3) is 6.28. The predicted octanol–water partition coefficient (Wildman–Crippen LogP) is 4.95. The van der Waals surface area contributed by atoms with E-state index in [9.17, 15) is 0 Å². The van der Waals surface area contributed by atoms with Crippen LogP contribution < -0.4 is 18.4 Å². The Morgan fingerprint density at radius 2 is 1.44 bits per heavy atom. The van der Waals surface area contributed by atoms with Crippen molar-refractivity contribution in [3.05, 3.63) is 79.0 Å². The van der Waals surface area contributed by atoms with Crippen LogP contribution in [-0.4, -0.2) is 43.2 Å². The number of rotatable bonds is 12. The first kappa shape index (κ1) is 24.1. The molecule has 3 aromatic carbocycles. The zero-order valence-corrected chi connectivity index (χ0v) is 21.5. The average molecular weight is 521 g/mol. The van der Waals surface area contributed by atoms with Crippen molar-refractivity contribution >= 4 is 23.9 Å². The Labute approximate surface area is 208 Å². The van der Waals surface area contributed by atoms with Crippen LogP contribution in [0.15, 0.2) is 79.0 Å². The van der Waals surface area contributed by atoms with Gasteiger partial charge in [-0.1, -0.05) is 13.3 Å². The molecule has 0 aliphatic rings. The first-order valence-electron chi connectivity index (χ1n) is 11.9. The third-order valence-corrected chi connectivity index (χ3v) is 7.70. The maximum absolute atomic E-state index is 6.07. The molecule has 0 aliphatic carbocycles. The van der Waals surface area contributed by atoms with Crippen LogP contribution in [0.4, 0.5) is 0 Å². The van der Waals surface area contributed by atoms with Gasteiger partial charge in [0, 0.05) is 0 Å². The molecule has 0 amide bonds. The van der Waals surface area contributed by atoms with Crippen LogP contribution in [0.2, 0.25) is 0 Å². The monoisotopic (exact) mass is 521 g/mol. The summed E-state index contributed by atoms with van der Waals surface area (Å²) < 4.78 is 16.2. The number of hydrogen-bond donors (Lipinski definition) is 0. The Morgan fingerprint density at radius 3 is 2.21 bits per heavy atom. The minimum absolute atomic E-state index is 0.0724. The number of unbranched alkanes of at least 4 members (excludes halogenated alkanes) is 2. The van der Waals surface area contributed by atoms with E-state index in [-0.39, 0.29) is 15.0 Å². The second kappa shape index (κ2) is 12.4. The molecule has 4 aromatic rings. The summed E-state index contributed by atoms with van der Waals surface area (Å²) in [4.78, 5) is 0. The molecule has 0 unspecified atom stereocenters. The van der Waals surface area contributed by atoms with Crippen LogP contribution in [0.3, 0.4) is 0 Å². The molecule has 0 N–H and O–H groups in total. The Kier molecular flexibility index (Phi) is 8.77. The van der Waals surface area contributed by atoms with Crippen molar-refractivity contribution in [2.75, 3.05) is 13.2 Å². The van der Waals surface area contributed by atoms with Gasteiger partial charge in [0.25, 0.3) is 0 Å². The van der Waals surface area contributed by atoms with E-state index in [1.807, 2.05) is 47.3 Å². The van der Waals surface area contributed by atoms with Gasteiger partial charge in [-0.2, -0.15) is 0 Å². The van der Waals surface area contributed by atoms with E-state index in [4.69, 9.17) is 9.47 Å². The van der Waals surface area contributed by atoms with E-state index in [0.29, 0.717) is 0 Å². The molecule has 1 heterocycles. The molecule has 34 heavy (non-hydrogen) atoms. The Hall–Kier alpha value is -3.08. The van der Waals surface area contributed by atoms with Gasteiger partial charge in [0.05, 0.1) is 0 Å². The summed E-state index contributed by atoms with van der Waals surface area (Å²) in [6, 6.07) is 24.8. The van der Waals surface area contributed by atoms with Gasteiger partial charge in [-0.3, -0.25) is 0 Å². The molecule has 0 saturated carbocycles. The number of ether oxygens (including phenoxy) is 2. The fourth-order valence-corrected chi connectivity index (χ4v) is 5.55. The van der Waals surface area contributed by atoms with E-state index < -0.39 is 0 Å². The Bertz CT molecular complexity index is 1170. The van der Waals surface area contributed by atoms with E-state index in [1.165, 1.54) is 8.92 Å². The van der Waals surface area contributed by atoms with Gasteiger partial charge in [0.15, 0.2) is 0 Å². The fraction of sp³-hybridized carbons (Fsp3) is 0.286. The number of nitrogens with zero attached hydrogens (tertiary/aromatic N) is 3. The molecule has 0 saturated heterocycles. The molecule has 0 fully saturated rings. The third-order valence-electron chi connectivity index (χ3n) is 5.35. The van der Waals surface area contributed by atoms with Crippen LogP contribution in [-0.2, 0) is 0 Å². The van der Waals surface area contributed by atoms with Crippen molar-refractivity contribution in [3.63, 3.8) is 0 Å². The number of hydrogen-bond acceptors (Lipinski definition) is 4. The van der Waals surface area contributed by atoms with Gasteiger partial charge in [-0.25, -0.2) is 0 Å². The quantitative estimate of drug-likeness (QED) is 0.196. The first-order chi connectivity index (χ1) is 16.8. The normalized spacial score (nSPS) is 10.9. The molecule has 0 radical (unpaired) electrons. The predicted molar refractivity (Wildman–Crippen MR) is 139 cm³/mol. The summed E-state index contributed by atoms with van der Waals surface area (Å²) in [5.74, 6) is 1.86. The van der Waals surface area contributed by atoms with Crippen molar-refractivity contribution in [2.45, 2.75) is 39.5 Å². The van der Waals surface area contributed by atoms with Crippen molar-refractivity contribution in [2.24, 2.45) is 0 Å². The zero-order valence-electron chi connectivity index (χ0n) is 19.8. The van der Waals surface area contributed by atoms with Gasteiger partial charge in [0.1, 0.15) is 0 Å². The molecule has 0 atom stereocenters. The molecule has 4 rings (SSSR count). The second-order valence-corrected chi connectivity index (χ2v) is 10.3. The molecular weight excluding hydrogens is 489 g/mol. The topological polar surface area (TPSA) is 49.2 Å². The minimum atomic E-state index is 0.0724. The summed E-state index contributed by atoms with van der Waals surface area (Å²) in [5.41, 5.74) is 2.90. The molecule has 176 valence electrons. The SMILES string of the molecule is CCCCOc1ccc(-c2cn(-c3ccccc3[Se]c3ccccc3OCCCC)nn2)cc1. The van der Waals surface area contributed by atoms with Crippen molar-refractivity contribution in [1.29, 1.82) is 0 Å². The van der Waals surface area contributed by atoms with Crippen molar-refractivity contribution in [3.8, 4) is 28.4 Å². The first-order valence-corrected chi connectivity index (χ1v) is 13.6. The Morgan fingerprint density at radius 1 is 0.765 bits per heavy atom. The zero-order chi connectivity index (χ0) is 23.6. The maximum atomic E-state index is 6.07. The average Bonchev–Trinajstić information content (AvgIpc) is 3.36. The fourth-order valence-electron chi connectivity index (χ4n) is 3.40. The summed E-state index contributed by atoms with van der Waals surface area (Å²) in [6.07, 6.45) is 6.37. The van der Waals surface area contributed by atoms with Crippen LogP contribution in [0, 0.1) is 0 Å². The molecule has 6 heteroatoms. The molecule has 0 bridgehead atoms. The van der Waals surface area contributed by atoms with Crippen molar-refractivity contribution in [1.82, 2.24) is 15.0 Å². The van der Waals surface area contributed by atoms with Gasteiger partial charge < -0.3 is 0 Å². The summed E-state index contributed by atoms with van der Waals surface area (Å²) in [7, 11) is 0. The summed E-state index contributed by atoms with van der Waals surface area (Å²) in [6.45, 7) is 5.84. The van der Waals surface area contributed by atoms with E-state index in [1.54, 1.807) is 0 Å². The van der Waals surface area contributed by atoms with Gasteiger partial charge in [-0.05, 0) is 0 Å². The molecule has 1 aromatic heterocycles. The number of para-hydroxylation sites is 2. The second-order valence-electron chi connectivity index (χ2n) is 7.99. The van der Waals surface area contributed by atoms with E-state index in [0.717, 1.165) is 67.3 Å². The van der Waals surface area contributed by atoms with E-state index in [2.05, 4.69) is 60.6 Å². The van der Waals surface area contributed by atoms with Gasteiger partial charge in [0.2, 0.25) is 0 Å². The molecular formula is C28H31N3O2Se. The van der Waals surface area contributed by atoms with Crippen LogP contribution in [0.25, 0.3) is 16.9 Å². The van der Waals surface area contributed by atoms with Crippen LogP contribution in [0.1, 0.15) is 39.5 Å². The number of benzene rings is 3. The summed E-state index contributed by atoms with van der Waals surface area (Å²) >= 11 is 0.0724. The van der Waals surface area contributed by atoms with Gasteiger partial charge in [-0.15, -0.1) is 0 Å². The van der Waals surface area contributed by atoms with E-state index >= 15 is 0 Å². The Balaban J connectivity index is 1.52. The van der Waals surface area contributed by atoms with Crippen LogP contribution in [0.5, 0.6) is 11.5 Å².